The first kappa shape index (κ1) is 15.0. The molecule has 18 heavy (non-hydrogen) atoms. The molecule has 0 radical (unpaired) electrons. The van der Waals surface area contributed by atoms with E-state index < -0.39 is 0 Å². The van der Waals surface area contributed by atoms with Gasteiger partial charge in [-0.05, 0) is 44.7 Å². The molecule has 0 bridgehead atoms. The second-order valence-electron chi connectivity index (χ2n) is 5.07. The zero-order valence-corrected chi connectivity index (χ0v) is 12.4. The molecule has 2 nitrogen and oxygen atoms in total. The number of carbonyl (C=O) groups excluding carboxylic acids is 1. The van der Waals surface area contributed by atoms with E-state index in [-0.39, 0.29) is 11.4 Å². The lowest BCUT2D eigenvalue weighted by Crippen LogP contribution is -2.46. The molecular weight excluding hydrogens is 246 g/mol. The number of alkyl halides is 1. The Labute approximate surface area is 115 Å². The number of amides is 1. The molecule has 3 heteroatoms. The van der Waals surface area contributed by atoms with Crippen molar-refractivity contribution in [3.63, 3.8) is 0 Å². The van der Waals surface area contributed by atoms with Gasteiger partial charge < -0.3 is 5.32 Å². The number of rotatable bonds is 5. The zero-order valence-electron chi connectivity index (χ0n) is 11.6. The fraction of sp³-hybridized carbons (Fsp3) is 0.533. The average molecular weight is 268 g/mol. The van der Waals surface area contributed by atoms with Gasteiger partial charge >= 0.3 is 0 Å². The molecule has 0 saturated heterocycles. The summed E-state index contributed by atoms with van der Waals surface area (Å²) in [4.78, 5) is 12.4. The van der Waals surface area contributed by atoms with E-state index in [9.17, 15) is 4.79 Å². The predicted molar refractivity (Wildman–Crippen MR) is 77.4 cm³/mol. The molecule has 0 aliphatic heterocycles. The van der Waals surface area contributed by atoms with Crippen LogP contribution in [0, 0.1) is 13.8 Å². The highest BCUT2D eigenvalue weighted by atomic mass is 35.5. The van der Waals surface area contributed by atoms with Crippen molar-refractivity contribution >= 4 is 17.5 Å². The third kappa shape index (κ3) is 3.49. The summed E-state index contributed by atoms with van der Waals surface area (Å²) >= 11 is 5.81. The van der Waals surface area contributed by atoms with Gasteiger partial charge in [0.2, 0.25) is 0 Å². The fourth-order valence-corrected chi connectivity index (χ4v) is 2.46. The summed E-state index contributed by atoms with van der Waals surface area (Å²) in [6.45, 7) is 8.04. The Kier molecular flexibility index (Phi) is 5.21. The van der Waals surface area contributed by atoms with Gasteiger partial charge in [0.25, 0.3) is 5.91 Å². The second-order valence-corrected chi connectivity index (χ2v) is 5.45. The van der Waals surface area contributed by atoms with Crippen molar-refractivity contribution < 1.29 is 4.79 Å². The van der Waals surface area contributed by atoms with Crippen LogP contribution in [0.5, 0.6) is 0 Å². The lowest BCUT2D eigenvalue weighted by molar-refractivity contribution is 0.0900. The third-order valence-corrected chi connectivity index (χ3v) is 3.74. The first-order chi connectivity index (χ1) is 8.43. The van der Waals surface area contributed by atoms with Gasteiger partial charge in [-0.25, -0.2) is 0 Å². The highest BCUT2D eigenvalue weighted by molar-refractivity contribution is 6.17. The van der Waals surface area contributed by atoms with Crippen LogP contribution < -0.4 is 5.32 Å². The molecule has 0 fully saturated rings. The van der Waals surface area contributed by atoms with Crippen LogP contribution in [0.25, 0.3) is 0 Å². The summed E-state index contributed by atoms with van der Waals surface area (Å²) < 4.78 is 0. The summed E-state index contributed by atoms with van der Waals surface area (Å²) in [6.07, 6.45) is 1.65. The molecule has 0 aromatic heterocycles. The van der Waals surface area contributed by atoms with E-state index in [1.54, 1.807) is 0 Å². The summed E-state index contributed by atoms with van der Waals surface area (Å²) in [6, 6.07) is 5.90. The Balaban J connectivity index is 2.95. The average Bonchev–Trinajstić information content (AvgIpc) is 2.29. The molecule has 1 rings (SSSR count). The Bertz CT molecular complexity index is 410. The van der Waals surface area contributed by atoms with E-state index in [2.05, 4.69) is 12.2 Å². The molecule has 0 spiro atoms. The molecule has 1 aromatic carbocycles. The van der Waals surface area contributed by atoms with E-state index >= 15 is 0 Å². The molecule has 1 atom stereocenters. The Morgan fingerprint density at radius 3 is 2.33 bits per heavy atom. The predicted octanol–water partition coefficient (Wildman–Crippen LogP) is 3.83. The quantitative estimate of drug-likeness (QED) is 0.807. The van der Waals surface area contributed by atoms with Crippen LogP contribution in [0.2, 0.25) is 0 Å². The van der Waals surface area contributed by atoms with E-state index in [1.165, 1.54) is 0 Å². The summed E-state index contributed by atoms with van der Waals surface area (Å²) in [5.41, 5.74) is 2.58. The lowest BCUT2D eigenvalue weighted by Gasteiger charge is -2.29. The third-order valence-electron chi connectivity index (χ3n) is 3.55. The fourth-order valence-electron chi connectivity index (χ4n) is 2.05. The van der Waals surface area contributed by atoms with Gasteiger partial charge in [0.05, 0.1) is 0 Å². The molecule has 0 aliphatic carbocycles. The maximum Gasteiger partial charge on any atom is 0.252 e. The van der Waals surface area contributed by atoms with Gasteiger partial charge in [0.15, 0.2) is 0 Å². The number of aryl methyl sites for hydroxylation is 2. The Morgan fingerprint density at radius 1 is 1.33 bits per heavy atom. The number of benzene rings is 1. The minimum Gasteiger partial charge on any atom is -0.347 e. The Morgan fingerprint density at radius 2 is 1.89 bits per heavy atom. The van der Waals surface area contributed by atoms with Gasteiger partial charge in [-0.2, -0.15) is 0 Å². The number of nitrogens with one attached hydrogen (secondary N) is 1. The van der Waals surface area contributed by atoms with Crippen molar-refractivity contribution in [2.45, 2.75) is 46.1 Å². The van der Waals surface area contributed by atoms with Gasteiger partial charge in [0, 0.05) is 17.0 Å². The van der Waals surface area contributed by atoms with E-state index in [1.807, 2.05) is 39.0 Å². The molecule has 1 N–H and O–H groups in total. The van der Waals surface area contributed by atoms with Gasteiger partial charge in [-0.3, -0.25) is 4.79 Å². The molecule has 1 amide bonds. The molecule has 1 unspecified atom stereocenters. The molecule has 0 aliphatic rings. The van der Waals surface area contributed by atoms with Crippen LogP contribution in [0.15, 0.2) is 18.2 Å². The van der Waals surface area contributed by atoms with Crippen molar-refractivity contribution in [2.75, 3.05) is 5.88 Å². The normalized spacial score (nSPS) is 14.1. The zero-order chi connectivity index (χ0) is 13.8. The van der Waals surface area contributed by atoms with E-state index in [0.717, 1.165) is 29.5 Å². The molecule has 0 heterocycles. The first-order valence-corrected chi connectivity index (χ1v) is 6.91. The number of halogens is 1. The second kappa shape index (κ2) is 6.24. The monoisotopic (exact) mass is 267 g/mol. The molecule has 100 valence electrons. The minimum absolute atomic E-state index is 0.0000617. The summed E-state index contributed by atoms with van der Waals surface area (Å²) in [5, 5.41) is 3.12. The smallest absolute Gasteiger partial charge is 0.252 e. The van der Waals surface area contributed by atoms with Crippen LogP contribution in [0.3, 0.4) is 0 Å². The van der Waals surface area contributed by atoms with Gasteiger partial charge in [0.1, 0.15) is 0 Å². The van der Waals surface area contributed by atoms with Crippen LogP contribution >= 0.6 is 11.6 Å². The van der Waals surface area contributed by atoms with Gasteiger partial charge in [-0.15, -0.1) is 11.6 Å². The highest BCUT2D eigenvalue weighted by Gasteiger charge is 2.25. The Hall–Kier alpha value is -1.02. The minimum atomic E-state index is -0.229. The number of carbonyl (C=O) groups is 1. The van der Waals surface area contributed by atoms with Crippen LogP contribution in [-0.4, -0.2) is 17.3 Å². The standard InChI is InChI=1S/C15H22ClNO/c1-5-15(4,9-10-16)17-14(18)13-11(2)7-6-8-12(13)3/h6-8H,5,9-10H2,1-4H3,(H,17,18). The van der Waals surface area contributed by atoms with E-state index in [4.69, 9.17) is 11.6 Å². The lowest BCUT2D eigenvalue weighted by atomic mass is 9.93. The van der Waals surface area contributed by atoms with Crippen molar-refractivity contribution in [3.05, 3.63) is 34.9 Å². The van der Waals surface area contributed by atoms with Crippen molar-refractivity contribution in [1.82, 2.24) is 5.32 Å². The summed E-state index contributed by atoms with van der Waals surface area (Å²) in [5.74, 6) is 0.553. The maximum atomic E-state index is 12.4. The largest absolute Gasteiger partial charge is 0.347 e. The van der Waals surface area contributed by atoms with Crippen molar-refractivity contribution in [2.24, 2.45) is 0 Å². The molecular formula is C15H22ClNO. The van der Waals surface area contributed by atoms with Crippen LogP contribution in [0.1, 0.15) is 48.2 Å². The van der Waals surface area contributed by atoms with Crippen LogP contribution in [0.4, 0.5) is 0 Å². The van der Waals surface area contributed by atoms with E-state index in [0.29, 0.717) is 5.88 Å². The summed E-state index contributed by atoms with van der Waals surface area (Å²) in [7, 11) is 0. The SMILES string of the molecule is CCC(C)(CCCl)NC(=O)c1c(C)cccc1C. The topological polar surface area (TPSA) is 29.1 Å². The maximum absolute atomic E-state index is 12.4. The highest BCUT2D eigenvalue weighted by Crippen LogP contribution is 2.19. The number of hydrogen-bond acceptors (Lipinski definition) is 1. The van der Waals surface area contributed by atoms with Gasteiger partial charge in [-0.1, -0.05) is 25.1 Å². The first-order valence-electron chi connectivity index (χ1n) is 6.38. The van der Waals surface area contributed by atoms with Crippen LogP contribution in [-0.2, 0) is 0 Å². The number of hydrogen-bond donors (Lipinski definition) is 1. The van der Waals surface area contributed by atoms with Crippen molar-refractivity contribution in [3.8, 4) is 0 Å². The molecule has 1 aromatic rings. The molecule has 0 saturated carbocycles. The van der Waals surface area contributed by atoms with Crippen molar-refractivity contribution in [1.29, 1.82) is 0 Å².